The van der Waals surface area contributed by atoms with Crippen molar-refractivity contribution >= 4 is 21.7 Å². The average Bonchev–Trinajstić information content (AvgIpc) is 3.68. The Morgan fingerprint density at radius 3 is 1.86 bits per heavy atom. The molecule has 4 saturated carbocycles. The summed E-state index contributed by atoms with van der Waals surface area (Å²) in [5.41, 5.74) is 15.6. The third kappa shape index (κ3) is 4.23. The lowest BCUT2D eigenvalue weighted by molar-refractivity contribution is -0.0403. The molecule has 274 valence electrons. The smallest absolute Gasteiger partial charge is 0.182 e. The van der Waals surface area contributed by atoms with Crippen molar-refractivity contribution in [2.45, 2.75) is 56.8 Å². The molecule has 0 saturated heterocycles. The quantitative estimate of drug-likeness (QED) is 0.181. The van der Waals surface area contributed by atoms with Gasteiger partial charge in [-0.3, -0.25) is 0 Å². The lowest BCUT2D eigenvalue weighted by Gasteiger charge is -2.61. The van der Waals surface area contributed by atoms with E-state index in [1.807, 2.05) is 36.4 Å². The van der Waals surface area contributed by atoms with Crippen LogP contribution in [0, 0.1) is 23.7 Å². The zero-order valence-electron chi connectivity index (χ0n) is 32.3. The molecule has 6 aromatic carbocycles. The van der Waals surface area contributed by atoms with Gasteiger partial charge in [-0.25, -0.2) is 19.9 Å². The Morgan fingerprint density at radius 1 is 0.474 bits per heavy atom. The van der Waals surface area contributed by atoms with E-state index in [-0.39, 0.29) is 10.8 Å². The van der Waals surface area contributed by atoms with Crippen molar-refractivity contribution in [3.8, 4) is 56.5 Å². The first kappa shape index (κ1) is 32.1. The fourth-order valence-corrected chi connectivity index (χ4v) is 13.1. The molecule has 0 amide bonds. The van der Waals surface area contributed by atoms with E-state index in [2.05, 4.69) is 111 Å². The van der Waals surface area contributed by atoms with E-state index in [4.69, 9.17) is 19.9 Å². The zero-order valence-corrected chi connectivity index (χ0v) is 32.3. The van der Waals surface area contributed by atoms with Gasteiger partial charge < -0.3 is 0 Å². The van der Waals surface area contributed by atoms with Crippen LogP contribution in [0.1, 0.15) is 68.2 Å². The summed E-state index contributed by atoms with van der Waals surface area (Å²) in [5, 5.41) is 3.74. The van der Waals surface area contributed by atoms with Gasteiger partial charge in [0.25, 0.3) is 0 Å². The summed E-state index contributed by atoms with van der Waals surface area (Å²) in [7, 11) is 0. The summed E-state index contributed by atoms with van der Waals surface area (Å²) in [6, 6.07) is 48.5. The Bertz CT molecular complexity index is 2990. The second-order valence-electron chi connectivity index (χ2n) is 18.2. The maximum atomic E-state index is 5.24. The fourth-order valence-electron chi connectivity index (χ4n) is 13.1. The first-order chi connectivity index (χ1) is 28.0. The van der Waals surface area contributed by atoms with Crippen LogP contribution in [0.4, 0.5) is 0 Å². The van der Waals surface area contributed by atoms with E-state index in [9.17, 15) is 0 Å². The normalized spacial score (nSPS) is 24.2. The summed E-state index contributed by atoms with van der Waals surface area (Å²) in [6.07, 6.45) is 6.89. The summed E-state index contributed by atoms with van der Waals surface area (Å²) >= 11 is 0. The minimum absolute atomic E-state index is 0.0372. The van der Waals surface area contributed by atoms with Gasteiger partial charge in [-0.15, -0.1) is 0 Å². The monoisotopic (exact) mass is 734 g/mol. The predicted molar refractivity (Wildman–Crippen MR) is 230 cm³/mol. The number of pyridine rings is 1. The van der Waals surface area contributed by atoms with Gasteiger partial charge in [0, 0.05) is 27.3 Å². The van der Waals surface area contributed by atoms with Crippen LogP contribution in [0.3, 0.4) is 0 Å². The summed E-state index contributed by atoms with van der Waals surface area (Å²) in [4.78, 5) is 20.6. The number of hydrogen-bond acceptors (Lipinski definition) is 4. The van der Waals surface area contributed by atoms with E-state index in [1.165, 1.54) is 70.7 Å². The number of hydrogen-bond donors (Lipinski definition) is 0. The molecule has 6 aliphatic rings. The van der Waals surface area contributed by atoms with Gasteiger partial charge in [-0.2, -0.15) is 0 Å². The lowest BCUT2D eigenvalue weighted by Crippen LogP contribution is -2.55. The first-order valence-electron chi connectivity index (χ1n) is 21.0. The second kappa shape index (κ2) is 11.3. The predicted octanol–water partition coefficient (Wildman–Crippen LogP) is 12.6. The molecule has 14 rings (SSSR count). The molecule has 4 nitrogen and oxygen atoms in total. The molecule has 0 radical (unpaired) electrons. The molecule has 0 aliphatic heterocycles. The zero-order chi connectivity index (χ0) is 37.6. The molecule has 0 N–H and O–H groups in total. The maximum absolute atomic E-state index is 5.24. The fraction of sp³-hybridized carbons (Fsp3) is 0.245. The van der Waals surface area contributed by atoms with E-state index in [0.29, 0.717) is 29.3 Å². The molecule has 4 heteroatoms. The van der Waals surface area contributed by atoms with Crippen molar-refractivity contribution in [3.05, 3.63) is 156 Å². The van der Waals surface area contributed by atoms with Crippen molar-refractivity contribution in [1.82, 2.24) is 19.9 Å². The standard InChI is InChI=1S/C53H42N4/c1-52(2)41-17-9-7-15-38(41)45-37-22-20-34(50-55-49(33-13-4-3-5-14-33)56-51(57-50)44-23-21-32-12-6-11-19-43(32)54-44)29-40(37)46-39-16-8-10-18-42(39)53(48(46)47(45)52)35-25-30-24-31(27-35)28-36(53)26-30/h3-23,29-31,35-36H,24-28H2,1-2H3. The third-order valence-corrected chi connectivity index (χ3v) is 15.0. The molecule has 4 fully saturated rings. The molecule has 0 atom stereocenters. The van der Waals surface area contributed by atoms with Crippen molar-refractivity contribution in [2.75, 3.05) is 0 Å². The van der Waals surface area contributed by atoms with Crippen LogP contribution in [0.15, 0.2) is 133 Å². The van der Waals surface area contributed by atoms with Gasteiger partial charge in [0.1, 0.15) is 5.69 Å². The minimum atomic E-state index is -0.118. The van der Waals surface area contributed by atoms with E-state index in [0.717, 1.165) is 39.6 Å². The molecule has 0 unspecified atom stereocenters. The van der Waals surface area contributed by atoms with Crippen LogP contribution < -0.4 is 0 Å². The highest BCUT2D eigenvalue weighted by molar-refractivity contribution is 6.14. The molecule has 2 aromatic heterocycles. The highest BCUT2D eigenvalue weighted by Crippen LogP contribution is 2.72. The van der Waals surface area contributed by atoms with Crippen LogP contribution in [0.2, 0.25) is 0 Å². The molecule has 1 spiro atoms. The topological polar surface area (TPSA) is 51.6 Å². The van der Waals surface area contributed by atoms with E-state index >= 15 is 0 Å². The Labute approximate surface area is 333 Å². The van der Waals surface area contributed by atoms with Gasteiger partial charge in [0.05, 0.1) is 5.52 Å². The van der Waals surface area contributed by atoms with Gasteiger partial charge in [-0.05, 0) is 129 Å². The number of nitrogens with zero attached hydrogens (tertiary/aromatic N) is 4. The Morgan fingerprint density at radius 2 is 1.09 bits per heavy atom. The number of rotatable bonds is 3. The molecular weight excluding hydrogens is 693 g/mol. The van der Waals surface area contributed by atoms with Crippen molar-refractivity contribution in [1.29, 1.82) is 0 Å². The van der Waals surface area contributed by atoms with Crippen LogP contribution >= 0.6 is 0 Å². The van der Waals surface area contributed by atoms with Gasteiger partial charge >= 0.3 is 0 Å². The van der Waals surface area contributed by atoms with Crippen LogP contribution in [-0.2, 0) is 10.8 Å². The number of fused-ring (bicyclic) bond motifs is 11. The lowest BCUT2D eigenvalue weighted by atomic mass is 9.42. The van der Waals surface area contributed by atoms with Gasteiger partial charge in [0.2, 0.25) is 0 Å². The first-order valence-corrected chi connectivity index (χ1v) is 21.0. The van der Waals surface area contributed by atoms with E-state index < -0.39 is 0 Å². The highest BCUT2D eigenvalue weighted by Gasteiger charge is 2.63. The Balaban J connectivity index is 1.11. The third-order valence-electron chi connectivity index (χ3n) is 15.0. The number of benzene rings is 6. The highest BCUT2D eigenvalue weighted by atomic mass is 15.0. The van der Waals surface area contributed by atoms with Gasteiger partial charge in [-0.1, -0.05) is 129 Å². The van der Waals surface area contributed by atoms with Crippen molar-refractivity contribution in [3.63, 3.8) is 0 Å². The number of aromatic nitrogens is 4. The molecular formula is C53H42N4. The number of para-hydroxylation sites is 1. The SMILES string of the molecule is CC1(C)c2ccccc2-c2c1c1c(c3cc(-c4nc(-c5ccccc5)nc(-c5ccc6ccccc6n5)n4)ccc23)-c2ccccc2C12C1CC3CC(C1)CC2C3. The average molecular weight is 735 g/mol. The van der Waals surface area contributed by atoms with Gasteiger partial charge in [0.15, 0.2) is 17.5 Å². The molecule has 2 heterocycles. The largest absolute Gasteiger partial charge is 0.244 e. The molecule has 6 aliphatic carbocycles. The summed E-state index contributed by atoms with van der Waals surface area (Å²) in [6.45, 7) is 5.01. The van der Waals surface area contributed by atoms with Crippen LogP contribution in [0.5, 0.6) is 0 Å². The maximum Gasteiger partial charge on any atom is 0.182 e. The Hall–Kier alpha value is -6.00. The van der Waals surface area contributed by atoms with Crippen molar-refractivity contribution < 1.29 is 0 Å². The van der Waals surface area contributed by atoms with Crippen LogP contribution in [-0.4, -0.2) is 19.9 Å². The minimum Gasteiger partial charge on any atom is -0.244 e. The summed E-state index contributed by atoms with van der Waals surface area (Å²) < 4.78 is 0. The van der Waals surface area contributed by atoms with Crippen LogP contribution in [0.25, 0.3) is 78.2 Å². The van der Waals surface area contributed by atoms with E-state index in [1.54, 1.807) is 16.7 Å². The molecule has 57 heavy (non-hydrogen) atoms. The second-order valence-corrected chi connectivity index (χ2v) is 18.2. The molecule has 4 bridgehead atoms. The Kier molecular flexibility index (Phi) is 6.38. The molecule has 8 aromatic rings. The van der Waals surface area contributed by atoms with Crippen molar-refractivity contribution in [2.24, 2.45) is 23.7 Å². The summed E-state index contributed by atoms with van der Waals surface area (Å²) in [5.74, 6) is 5.02.